The number of hydrogen-bond acceptors (Lipinski definition) is 4. The molecular formula is C14H19N3O2S. The lowest BCUT2D eigenvalue weighted by atomic mass is 10.3. The van der Waals surface area contributed by atoms with Crippen LogP contribution in [0.15, 0.2) is 28.9 Å². The van der Waals surface area contributed by atoms with Crippen LogP contribution in [0, 0.1) is 6.92 Å². The van der Waals surface area contributed by atoms with Gasteiger partial charge in [-0.25, -0.2) is 0 Å². The van der Waals surface area contributed by atoms with Gasteiger partial charge in [0.15, 0.2) is 5.76 Å². The van der Waals surface area contributed by atoms with Gasteiger partial charge in [0.25, 0.3) is 5.91 Å². The van der Waals surface area contributed by atoms with E-state index in [-0.39, 0.29) is 11.9 Å². The second-order valence-corrected chi connectivity index (χ2v) is 5.62. The highest BCUT2D eigenvalue weighted by Crippen LogP contribution is 2.13. The first kappa shape index (κ1) is 14.7. The average Bonchev–Trinajstić information content (AvgIpc) is 3.05. The number of rotatable bonds is 6. The van der Waals surface area contributed by atoms with Gasteiger partial charge in [-0.3, -0.25) is 9.48 Å². The number of carbonyl (C=O) groups excluding carboxylic acids is 1. The van der Waals surface area contributed by atoms with Crippen molar-refractivity contribution in [3.05, 3.63) is 41.6 Å². The molecule has 1 amide bonds. The molecule has 0 unspecified atom stereocenters. The Morgan fingerprint density at radius 2 is 2.35 bits per heavy atom. The minimum atomic E-state index is -0.187. The molecule has 0 spiro atoms. The summed E-state index contributed by atoms with van der Waals surface area (Å²) < 4.78 is 7.32. The van der Waals surface area contributed by atoms with Gasteiger partial charge in [-0.1, -0.05) is 0 Å². The molecule has 0 aromatic carbocycles. The van der Waals surface area contributed by atoms with Gasteiger partial charge in [0, 0.05) is 12.7 Å². The van der Waals surface area contributed by atoms with Gasteiger partial charge in [-0.15, -0.1) is 0 Å². The molecule has 2 rings (SSSR count). The van der Waals surface area contributed by atoms with Crippen LogP contribution in [0.5, 0.6) is 0 Å². The predicted molar refractivity (Wildman–Crippen MR) is 79.9 cm³/mol. The van der Waals surface area contributed by atoms with E-state index in [2.05, 4.69) is 10.4 Å². The first-order chi connectivity index (χ1) is 9.60. The summed E-state index contributed by atoms with van der Waals surface area (Å²) in [7, 11) is 0. The molecule has 2 aromatic heterocycles. The van der Waals surface area contributed by atoms with E-state index in [1.807, 2.05) is 37.0 Å². The zero-order chi connectivity index (χ0) is 14.5. The Morgan fingerprint density at radius 3 is 3.00 bits per heavy atom. The monoisotopic (exact) mass is 293 g/mol. The van der Waals surface area contributed by atoms with Crippen LogP contribution in [-0.4, -0.2) is 28.5 Å². The zero-order valence-corrected chi connectivity index (χ0v) is 12.7. The molecule has 1 atom stereocenters. The Balaban J connectivity index is 1.88. The second kappa shape index (κ2) is 6.65. The molecule has 0 aliphatic heterocycles. The van der Waals surface area contributed by atoms with Crippen LogP contribution in [0.2, 0.25) is 0 Å². The maximum absolute atomic E-state index is 12.0. The minimum absolute atomic E-state index is 0.105. The van der Waals surface area contributed by atoms with Crippen LogP contribution in [0.3, 0.4) is 0 Å². The van der Waals surface area contributed by atoms with Crippen molar-refractivity contribution in [3.63, 3.8) is 0 Å². The van der Waals surface area contributed by atoms with Crippen molar-refractivity contribution in [2.75, 3.05) is 12.8 Å². The Bertz CT molecular complexity index is 576. The van der Waals surface area contributed by atoms with Crippen molar-refractivity contribution >= 4 is 17.7 Å². The average molecular weight is 293 g/mol. The first-order valence-electron chi connectivity index (χ1n) is 6.46. The van der Waals surface area contributed by atoms with Gasteiger partial charge in [0.1, 0.15) is 5.76 Å². The fourth-order valence-corrected chi connectivity index (χ4v) is 2.25. The van der Waals surface area contributed by atoms with Gasteiger partial charge >= 0.3 is 0 Å². The van der Waals surface area contributed by atoms with E-state index in [1.165, 1.54) is 0 Å². The first-order valence-corrected chi connectivity index (χ1v) is 7.86. The van der Waals surface area contributed by atoms with E-state index in [4.69, 9.17) is 4.42 Å². The predicted octanol–water partition coefficient (Wildman–Crippen LogP) is 2.64. The summed E-state index contributed by atoms with van der Waals surface area (Å²) in [5.41, 5.74) is 1.11. The smallest absolute Gasteiger partial charge is 0.287 e. The normalized spacial score (nSPS) is 12.3. The number of furan rings is 1. The van der Waals surface area contributed by atoms with Gasteiger partial charge in [-0.05, 0) is 37.8 Å². The molecule has 1 N–H and O–H groups in total. The quantitative estimate of drug-likeness (QED) is 0.889. The highest BCUT2D eigenvalue weighted by atomic mass is 32.2. The maximum Gasteiger partial charge on any atom is 0.287 e. The van der Waals surface area contributed by atoms with Crippen LogP contribution in [0.1, 0.15) is 34.8 Å². The van der Waals surface area contributed by atoms with Crippen molar-refractivity contribution in [3.8, 4) is 0 Å². The summed E-state index contributed by atoms with van der Waals surface area (Å²) in [6.07, 6.45) is 5.76. The third kappa shape index (κ3) is 3.66. The molecule has 2 aromatic rings. The largest absolute Gasteiger partial charge is 0.455 e. The van der Waals surface area contributed by atoms with Gasteiger partial charge in [0.2, 0.25) is 0 Å². The molecule has 2 heterocycles. The van der Waals surface area contributed by atoms with Crippen molar-refractivity contribution in [2.45, 2.75) is 25.6 Å². The summed E-state index contributed by atoms with van der Waals surface area (Å²) in [6.45, 7) is 4.51. The Kier molecular flexibility index (Phi) is 4.89. The van der Waals surface area contributed by atoms with E-state index < -0.39 is 0 Å². The number of nitrogens with zero attached hydrogens (tertiary/aromatic N) is 2. The van der Waals surface area contributed by atoms with Crippen molar-refractivity contribution in [2.24, 2.45) is 0 Å². The molecule has 20 heavy (non-hydrogen) atoms. The summed E-state index contributed by atoms with van der Waals surface area (Å²) in [5, 5.41) is 7.10. The van der Waals surface area contributed by atoms with E-state index in [1.54, 1.807) is 24.0 Å². The van der Waals surface area contributed by atoms with E-state index in [0.29, 0.717) is 12.3 Å². The molecule has 0 fully saturated rings. The molecule has 108 valence electrons. The number of nitrogens with one attached hydrogen (secondary N) is 1. The van der Waals surface area contributed by atoms with Crippen molar-refractivity contribution < 1.29 is 9.21 Å². The Labute approximate surface area is 122 Å². The molecule has 5 nitrogen and oxygen atoms in total. The van der Waals surface area contributed by atoms with Crippen LogP contribution in [0.25, 0.3) is 0 Å². The van der Waals surface area contributed by atoms with E-state index >= 15 is 0 Å². The third-order valence-electron chi connectivity index (χ3n) is 2.91. The third-order valence-corrected chi connectivity index (χ3v) is 3.49. The lowest BCUT2D eigenvalue weighted by molar-refractivity contribution is 0.0919. The zero-order valence-electron chi connectivity index (χ0n) is 11.9. The van der Waals surface area contributed by atoms with Crippen LogP contribution < -0.4 is 5.32 Å². The van der Waals surface area contributed by atoms with Crippen LogP contribution in [0.4, 0.5) is 0 Å². The van der Waals surface area contributed by atoms with E-state index in [0.717, 1.165) is 17.1 Å². The lowest BCUT2D eigenvalue weighted by Gasteiger charge is -2.12. The summed E-state index contributed by atoms with van der Waals surface area (Å²) in [6, 6.07) is 3.66. The topological polar surface area (TPSA) is 60.1 Å². The summed E-state index contributed by atoms with van der Waals surface area (Å²) in [5.74, 6) is 1.76. The summed E-state index contributed by atoms with van der Waals surface area (Å²) in [4.78, 5) is 12.0. The standard InChI is InChI=1S/C14H19N3O2S/c1-10-6-16-17(8-10)11(2)7-15-14(18)13-5-4-12(19-13)9-20-3/h4-6,8,11H,7,9H2,1-3H3,(H,15,18)/t11-/m1/s1. The number of carbonyl (C=O) groups is 1. The maximum atomic E-state index is 12.0. The SMILES string of the molecule is CSCc1ccc(C(=O)NC[C@@H](C)n2cc(C)cn2)o1. The molecule has 0 bridgehead atoms. The molecule has 6 heteroatoms. The number of aryl methyl sites for hydroxylation is 1. The molecule has 0 aliphatic carbocycles. The fraction of sp³-hybridized carbons (Fsp3) is 0.429. The van der Waals surface area contributed by atoms with Gasteiger partial charge in [-0.2, -0.15) is 16.9 Å². The molecule has 0 saturated heterocycles. The van der Waals surface area contributed by atoms with Gasteiger partial charge in [0.05, 0.1) is 18.0 Å². The highest BCUT2D eigenvalue weighted by molar-refractivity contribution is 7.97. The Morgan fingerprint density at radius 1 is 1.55 bits per heavy atom. The lowest BCUT2D eigenvalue weighted by Crippen LogP contribution is -2.29. The fourth-order valence-electron chi connectivity index (χ4n) is 1.81. The number of amides is 1. The van der Waals surface area contributed by atoms with Crippen molar-refractivity contribution in [1.29, 1.82) is 0 Å². The highest BCUT2D eigenvalue weighted by Gasteiger charge is 2.13. The van der Waals surface area contributed by atoms with Crippen LogP contribution in [-0.2, 0) is 5.75 Å². The second-order valence-electron chi connectivity index (χ2n) is 4.76. The number of aromatic nitrogens is 2. The van der Waals surface area contributed by atoms with E-state index in [9.17, 15) is 4.79 Å². The number of thioether (sulfide) groups is 1. The molecule has 0 aliphatic rings. The van der Waals surface area contributed by atoms with Gasteiger partial charge < -0.3 is 9.73 Å². The molecule has 0 saturated carbocycles. The van der Waals surface area contributed by atoms with Crippen molar-refractivity contribution in [1.82, 2.24) is 15.1 Å². The van der Waals surface area contributed by atoms with Crippen LogP contribution >= 0.6 is 11.8 Å². The summed E-state index contributed by atoms with van der Waals surface area (Å²) >= 11 is 1.66. The minimum Gasteiger partial charge on any atom is -0.455 e. The molecular weight excluding hydrogens is 274 g/mol. The molecule has 0 radical (unpaired) electrons. The Hall–Kier alpha value is -1.69. The number of hydrogen-bond donors (Lipinski definition) is 1.